The minimum absolute atomic E-state index is 0.859. The van der Waals surface area contributed by atoms with Gasteiger partial charge in [0.1, 0.15) is 0 Å². The topological polar surface area (TPSA) is 33.1 Å². The average Bonchev–Trinajstić information content (AvgIpc) is 2.87. The molecule has 2 rings (SSSR count). The monoisotopic (exact) mass is 250 g/mol. The Hall–Kier alpha value is -0.870. The molecule has 0 saturated carbocycles. The van der Waals surface area contributed by atoms with Gasteiger partial charge in [-0.3, -0.25) is 0 Å². The summed E-state index contributed by atoms with van der Waals surface area (Å²) >= 11 is 0. The molecule has 1 saturated heterocycles. The molecule has 0 amide bonds. The van der Waals surface area contributed by atoms with Gasteiger partial charge in [-0.05, 0) is 58.3 Å². The number of aromatic nitrogens is 2. The maximum atomic E-state index is 4.05. The zero-order chi connectivity index (χ0) is 12.6. The van der Waals surface area contributed by atoms with Crippen molar-refractivity contribution in [1.82, 2.24) is 19.8 Å². The Balaban J connectivity index is 1.46. The maximum Gasteiger partial charge on any atom is 0.0945 e. The minimum atomic E-state index is 0.859. The van der Waals surface area contributed by atoms with E-state index in [1.165, 1.54) is 45.3 Å². The highest BCUT2D eigenvalue weighted by Crippen LogP contribution is 2.13. The summed E-state index contributed by atoms with van der Waals surface area (Å²) in [4.78, 5) is 6.50. The fourth-order valence-corrected chi connectivity index (χ4v) is 2.71. The van der Waals surface area contributed by atoms with E-state index in [-0.39, 0.29) is 0 Å². The van der Waals surface area contributed by atoms with Gasteiger partial charge < -0.3 is 14.8 Å². The quantitative estimate of drug-likeness (QED) is 0.746. The van der Waals surface area contributed by atoms with Gasteiger partial charge in [-0.1, -0.05) is 0 Å². The number of likely N-dealkylation sites (tertiary alicyclic amines) is 1. The third-order valence-electron chi connectivity index (χ3n) is 3.73. The van der Waals surface area contributed by atoms with Crippen molar-refractivity contribution in [3.63, 3.8) is 0 Å². The lowest BCUT2D eigenvalue weighted by atomic mass is 9.98. The van der Waals surface area contributed by atoms with Crippen LogP contribution in [0.15, 0.2) is 18.7 Å². The van der Waals surface area contributed by atoms with Crippen LogP contribution in [0.4, 0.5) is 0 Å². The molecule has 1 aromatic rings. The van der Waals surface area contributed by atoms with Crippen molar-refractivity contribution in [2.45, 2.75) is 32.2 Å². The Kier molecular flexibility index (Phi) is 5.68. The Labute approximate surface area is 110 Å². The zero-order valence-corrected chi connectivity index (χ0v) is 11.5. The highest BCUT2D eigenvalue weighted by atomic mass is 15.1. The summed E-state index contributed by atoms with van der Waals surface area (Å²) < 4.78 is 2.15. The molecule has 0 spiro atoms. The molecule has 4 nitrogen and oxygen atoms in total. The molecule has 18 heavy (non-hydrogen) atoms. The third-order valence-corrected chi connectivity index (χ3v) is 3.73. The zero-order valence-electron chi connectivity index (χ0n) is 11.5. The molecule has 1 aliphatic rings. The molecule has 1 fully saturated rings. The second-order valence-corrected chi connectivity index (χ2v) is 5.48. The molecule has 4 heteroatoms. The van der Waals surface area contributed by atoms with Crippen molar-refractivity contribution in [3.8, 4) is 0 Å². The number of nitrogens with zero attached hydrogens (tertiary/aromatic N) is 3. The van der Waals surface area contributed by atoms with Gasteiger partial charge >= 0.3 is 0 Å². The number of aryl methyl sites for hydroxylation is 1. The van der Waals surface area contributed by atoms with Crippen LogP contribution in [0.3, 0.4) is 0 Å². The van der Waals surface area contributed by atoms with E-state index in [9.17, 15) is 0 Å². The van der Waals surface area contributed by atoms with Crippen LogP contribution in [0.1, 0.15) is 25.7 Å². The predicted octanol–water partition coefficient (Wildman–Crippen LogP) is 1.59. The molecule has 0 radical (unpaired) electrons. The van der Waals surface area contributed by atoms with E-state index in [0.29, 0.717) is 0 Å². The van der Waals surface area contributed by atoms with Gasteiger partial charge in [-0.25, -0.2) is 4.98 Å². The van der Waals surface area contributed by atoms with E-state index in [1.54, 1.807) is 0 Å². The fourth-order valence-electron chi connectivity index (χ4n) is 2.71. The third kappa shape index (κ3) is 4.78. The normalized spacial score (nSPS) is 21.3. The average molecular weight is 250 g/mol. The van der Waals surface area contributed by atoms with E-state index in [0.717, 1.165) is 19.0 Å². The molecule has 1 aliphatic heterocycles. The van der Waals surface area contributed by atoms with Crippen molar-refractivity contribution in [3.05, 3.63) is 18.7 Å². The Morgan fingerprint density at radius 3 is 3.11 bits per heavy atom. The summed E-state index contributed by atoms with van der Waals surface area (Å²) in [6.45, 7) is 5.97. The standard InChI is InChI=1S/C14H26N4/c1-17-8-4-5-14(12-17)11-15-6-2-3-9-18-10-7-16-13-18/h7,10,13-15H,2-6,8-9,11-12H2,1H3. The number of hydrogen-bond donors (Lipinski definition) is 1. The van der Waals surface area contributed by atoms with Crippen molar-refractivity contribution >= 4 is 0 Å². The molecule has 2 heterocycles. The lowest BCUT2D eigenvalue weighted by molar-refractivity contribution is 0.206. The van der Waals surface area contributed by atoms with E-state index >= 15 is 0 Å². The Morgan fingerprint density at radius 1 is 1.39 bits per heavy atom. The number of nitrogens with one attached hydrogen (secondary N) is 1. The lowest BCUT2D eigenvalue weighted by Gasteiger charge is -2.29. The van der Waals surface area contributed by atoms with Crippen molar-refractivity contribution < 1.29 is 0 Å². The maximum absolute atomic E-state index is 4.05. The first kappa shape index (κ1) is 13.6. The van der Waals surface area contributed by atoms with Crippen LogP contribution in [0.5, 0.6) is 0 Å². The molecule has 1 N–H and O–H groups in total. The first-order chi connectivity index (χ1) is 8.84. The van der Waals surface area contributed by atoms with Crippen LogP contribution >= 0.6 is 0 Å². The van der Waals surface area contributed by atoms with Crippen LogP contribution in [0.25, 0.3) is 0 Å². The smallest absolute Gasteiger partial charge is 0.0945 e. The molecular formula is C14H26N4. The molecule has 1 atom stereocenters. The summed E-state index contributed by atoms with van der Waals surface area (Å²) in [5.74, 6) is 0.859. The molecule has 102 valence electrons. The molecule has 0 bridgehead atoms. The van der Waals surface area contributed by atoms with E-state index in [1.807, 2.05) is 18.7 Å². The Bertz CT molecular complexity index is 310. The van der Waals surface area contributed by atoms with Crippen LogP contribution in [-0.4, -0.2) is 47.7 Å². The van der Waals surface area contributed by atoms with Gasteiger partial charge in [-0.15, -0.1) is 0 Å². The number of hydrogen-bond acceptors (Lipinski definition) is 3. The van der Waals surface area contributed by atoms with Gasteiger partial charge in [-0.2, -0.15) is 0 Å². The highest BCUT2D eigenvalue weighted by molar-refractivity contribution is 4.74. The number of rotatable bonds is 7. The first-order valence-corrected chi connectivity index (χ1v) is 7.19. The number of imidazole rings is 1. The fraction of sp³-hybridized carbons (Fsp3) is 0.786. The minimum Gasteiger partial charge on any atom is -0.337 e. The van der Waals surface area contributed by atoms with Crippen molar-refractivity contribution in [2.24, 2.45) is 5.92 Å². The van der Waals surface area contributed by atoms with Gasteiger partial charge in [0.25, 0.3) is 0 Å². The molecular weight excluding hydrogens is 224 g/mol. The lowest BCUT2D eigenvalue weighted by Crippen LogP contribution is -2.37. The van der Waals surface area contributed by atoms with Gasteiger partial charge in [0, 0.05) is 25.5 Å². The molecule has 1 aromatic heterocycles. The summed E-state index contributed by atoms with van der Waals surface area (Å²) in [6, 6.07) is 0. The molecule has 1 unspecified atom stereocenters. The van der Waals surface area contributed by atoms with E-state index in [2.05, 4.69) is 26.8 Å². The molecule has 0 aromatic carbocycles. The predicted molar refractivity (Wildman–Crippen MR) is 74.6 cm³/mol. The van der Waals surface area contributed by atoms with Gasteiger partial charge in [0.15, 0.2) is 0 Å². The highest BCUT2D eigenvalue weighted by Gasteiger charge is 2.15. The molecule has 0 aliphatic carbocycles. The summed E-state index contributed by atoms with van der Waals surface area (Å²) in [7, 11) is 2.23. The van der Waals surface area contributed by atoms with Crippen LogP contribution in [0, 0.1) is 5.92 Å². The summed E-state index contributed by atoms with van der Waals surface area (Å²) in [5.41, 5.74) is 0. The Morgan fingerprint density at radius 2 is 2.33 bits per heavy atom. The number of piperidine rings is 1. The van der Waals surface area contributed by atoms with E-state index < -0.39 is 0 Å². The SMILES string of the molecule is CN1CCCC(CNCCCCn2ccnc2)C1. The second-order valence-electron chi connectivity index (χ2n) is 5.48. The van der Waals surface area contributed by atoms with Crippen molar-refractivity contribution in [1.29, 1.82) is 0 Å². The van der Waals surface area contributed by atoms with Crippen molar-refractivity contribution in [2.75, 3.05) is 33.2 Å². The summed E-state index contributed by atoms with van der Waals surface area (Å²) in [5, 5.41) is 3.60. The van der Waals surface area contributed by atoms with Crippen LogP contribution in [0.2, 0.25) is 0 Å². The summed E-state index contributed by atoms with van der Waals surface area (Å²) in [6.07, 6.45) is 11.0. The van der Waals surface area contributed by atoms with Crippen LogP contribution < -0.4 is 5.32 Å². The number of unbranched alkanes of at least 4 members (excludes halogenated alkanes) is 1. The largest absolute Gasteiger partial charge is 0.337 e. The van der Waals surface area contributed by atoms with Crippen LogP contribution in [-0.2, 0) is 6.54 Å². The van der Waals surface area contributed by atoms with Gasteiger partial charge in [0.05, 0.1) is 6.33 Å². The van der Waals surface area contributed by atoms with E-state index in [4.69, 9.17) is 0 Å². The van der Waals surface area contributed by atoms with Gasteiger partial charge in [0.2, 0.25) is 0 Å². The second kappa shape index (κ2) is 7.54. The first-order valence-electron chi connectivity index (χ1n) is 7.19.